The first kappa shape index (κ1) is 18.8. The van der Waals surface area contributed by atoms with Crippen molar-refractivity contribution < 1.29 is 18.3 Å². The summed E-state index contributed by atoms with van der Waals surface area (Å²) in [5.74, 6) is -0.0436. The fourth-order valence-electron chi connectivity index (χ4n) is 4.88. The molecule has 2 aliphatic heterocycles. The van der Waals surface area contributed by atoms with E-state index in [4.69, 9.17) is 0 Å². The minimum atomic E-state index is -3.86. The van der Waals surface area contributed by atoms with Crippen LogP contribution in [0.5, 0.6) is 0 Å². The van der Waals surface area contributed by atoms with Crippen molar-refractivity contribution >= 4 is 16.2 Å². The van der Waals surface area contributed by atoms with Gasteiger partial charge in [-0.15, -0.1) is 10.2 Å². The lowest BCUT2D eigenvalue weighted by molar-refractivity contribution is -0.142. The molecule has 1 saturated heterocycles. The fraction of sp³-hybridized carbons (Fsp3) is 0.824. The van der Waals surface area contributed by atoms with E-state index in [-0.39, 0.29) is 18.5 Å². The average Bonchev–Trinajstić information content (AvgIpc) is 3.02. The largest absolute Gasteiger partial charge is 0.480 e. The van der Waals surface area contributed by atoms with Gasteiger partial charge in [0, 0.05) is 13.1 Å². The molecule has 4 rings (SSSR count). The van der Waals surface area contributed by atoms with E-state index in [1.165, 1.54) is 36.4 Å². The highest BCUT2D eigenvalue weighted by Gasteiger charge is 2.45. The van der Waals surface area contributed by atoms with Gasteiger partial charge in [-0.05, 0) is 38.0 Å². The second-order valence-electron chi connectivity index (χ2n) is 8.14. The average molecular weight is 398 g/mol. The van der Waals surface area contributed by atoms with Crippen molar-refractivity contribution in [3.8, 4) is 0 Å². The van der Waals surface area contributed by atoms with Gasteiger partial charge in [0.05, 0.1) is 13.1 Å². The summed E-state index contributed by atoms with van der Waals surface area (Å²) in [6.45, 7) is 2.67. The highest BCUT2D eigenvalue weighted by molar-refractivity contribution is 7.86. The number of carbonyl (C=O) groups is 1. The molecule has 1 aromatic heterocycles. The van der Waals surface area contributed by atoms with Crippen molar-refractivity contribution in [1.29, 1.82) is 0 Å². The van der Waals surface area contributed by atoms with Gasteiger partial charge in [-0.1, -0.05) is 19.3 Å². The van der Waals surface area contributed by atoms with Crippen molar-refractivity contribution in [3.05, 3.63) is 11.6 Å². The molecule has 150 valence electrons. The van der Waals surface area contributed by atoms with Crippen LogP contribution in [-0.4, -0.2) is 62.0 Å². The molecule has 9 nitrogen and oxygen atoms in total. The SMILES string of the molecule is Cc1nnc2n1CC(C(=O)O)N(S(=O)(=O)N1CCC3(CCCCC3)CC1)C2. The highest BCUT2D eigenvalue weighted by Crippen LogP contribution is 2.45. The van der Waals surface area contributed by atoms with Crippen LogP contribution in [0.3, 0.4) is 0 Å². The van der Waals surface area contributed by atoms with Crippen LogP contribution in [0.15, 0.2) is 0 Å². The monoisotopic (exact) mass is 397 g/mol. The topological polar surface area (TPSA) is 109 Å². The molecule has 0 amide bonds. The number of fused-ring (bicyclic) bond motifs is 1. The Morgan fingerprint density at radius 3 is 2.41 bits per heavy atom. The fourth-order valence-corrected chi connectivity index (χ4v) is 6.58. The minimum Gasteiger partial charge on any atom is -0.480 e. The van der Waals surface area contributed by atoms with Crippen LogP contribution >= 0.6 is 0 Å². The summed E-state index contributed by atoms with van der Waals surface area (Å²) < 4.78 is 30.8. The Morgan fingerprint density at radius 1 is 1.11 bits per heavy atom. The maximum absolute atomic E-state index is 13.3. The van der Waals surface area contributed by atoms with Crippen LogP contribution in [0.2, 0.25) is 0 Å². The van der Waals surface area contributed by atoms with Crippen molar-refractivity contribution in [3.63, 3.8) is 0 Å². The Kier molecular flexibility index (Phi) is 4.76. The molecule has 3 heterocycles. The normalized spacial score (nSPS) is 26.8. The van der Waals surface area contributed by atoms with Crippen LogP contribution in [0, 0.1) is 12.3 Å². The Bertz CT molecular complexity index is 820. The maximum atomic E-state index is 13.3. The van der Waals surface area contributed by atoms with E-state index in [2.05, 4.69) is 10.2 Å². The molecular weight excluding hydrogens is 370 g/mol. The second-order valence-corrected chi connectivity index (χ2v) is 10.0. The Labute approximate surface area is 159 Å². The number of rotatable bonds is 3. The van der Waals surface area contributed by atoms with Crippen LogP contribution in [0.1, 0.15) is 56.6 Å². The van der Waals surface area contributed by atoms with E-state index in [1.54, 1.807) is 11.5 Å². The van der Waals surface area contributed by atoms with Gasteiger partial charge in [0.1, 0.15) is 17.7 Å². The number of nitrogens with zero attached hydrogens (tertiary/aromatic N) is 5. The smallest absolute Gasteiger partial charge is 0.323 e. The first-order valence-electron chi connectivity index (χ1n) is 9.71. The molecule has 1 spiro atoms. The summed E-state index contributed by atoms with van der Waals surface area (Å²) in [4.78, 5) is 11.8. The van der Waals surface area contributed by atoms with Gasteiger partial charge in [-0.3, -0.25) is 4.79 Å². The summed E-state index contributed by atoms with van der Waals surface area (Å²) in [6, 6.07) is -1.14. The minimum absolute atomic E-state index is 0.0422. The lowest BCUT2D eigenvalue weighted by atomic mass is 9.68. The number of carboxylic acids is 1. The summed E-state index contributed by atoms with van der Waals surface area (Å²) in [7, 11) is -3.86. The van der Waals surface area contributed by atoms with E-state index in [9.17, 15) is 18.3 Å². The van der Waals surface area contributed by atoms with Gasteiger partial charge < -0.3 is 9.67 Å². The van der Waals surface area contributed by atoms with Crippen LogP contribution in [0.4, 0.5) is 0 Å². The quantitative estimate of drug-likeness (QED) is 0.819. The van der Waals surface area contributed by atoms with E-state index in [0.717, 1.165) is 17.1 Å². The molecule has 2 fully saturated rings. The number of piperidine rings is 1. The molecule has 1 aliphatic carbocycles. The maximum Gasteiger partial charge on any atom is 0.323 e. The summed E-state index contributed by atoms with van der Waals surface area (Å²) >= 11 is 0. The third-order valence-electron chi connectivity index (χ3n) is 6.62. The Morgan fingerprint density at radius 2 is 1.78 bits per heavy atom. The van der Waals surface area contributed by atoms with Crippen molar-refractivity contribution in [1.82, 2.24) is 23.4 Å². The van der Waals surface area contributed by atoms with Gasteiger partial charge in [0.15, 0.2) is 0 Å². The van der Waals surface area contributed by atoms with Gasteiger partial charge in [-0.25, -0.2) is 0 Å². The number of aromatic nitrogens is 3. The lowest BCUT2D eigenvalue weighted by Crippen LogP contribution is -2.56. The van der Waals surface area contributed by atoms with E-state index < -0.39 is 22.2 Å². The molecular formula is C17H27N5O4S. The van der Waals surface area contributed by atoms with E-state index >= 15 is 0 Å². The third kappa shape index (κ3) is 3.27. The van der Waals surface area contributed by atoms with Crippen molar-refractivity contribution in [2.45, 2.75) is 71.0 Å². The van der Waals surface area contributed by atoms with Gasteiger partial charge >= 0.3 is 5.97 Å². The zero-order valence-corrected chi connectivity index (χ0v) is 16.5. The summed E-state index contributed by atoms with van der Waals surface area (Å²) in [5.41, 5.74) is 0.287. The molecule has 0 radical (unpaired) electrons. The van der Waals surface area contributed by atoms with Crippen LogP contribution < -0.4 is 0 Å². The molecule has 0 bridgehead atoms. The molecule has 1 saturated carbocycles. The van der Waals surface area contributed by atoms with Gasteiger partial charge in [0.25, 0.3) is 10.2 Å². The van der Waals surface area contributed by atoms with Gasteiger partial charge in [0.2, 0.25) is 0 Å². The molecule has 1 aromatic rings. The first-order valence-corrected chi connectivity index (χ1v) is 11.1. The molecule has 3 aliphatic rings. The lowest BCUT2D eigenvalue weighted by Gasteiger charge is -2.45. The highest BCUT2D eigenvalue weighted by atomic mass is 32.2. The van der Waals surface area contributed by atoms with Crippen molar-refractivity contribution in [2.75, 3.05) is 13.1 Å². The zero-order chi connectivity index (χ0) is 19.2. The van der Waals surface area contributed by atoms with E-state index in [1.807, 2.05) is 0 Å². The third-order valence-corrected chi connectivity index (χ3v) is 8.61. The predicted octanol–water partition coefficient (Wildman–Crippen LogP) is 1.15. The summed E-state index contributed by atoms with van der Waals surface area (Å²) in [6.07, 6.45) is 7.84. The number of hydrogen-bond donors (Lipinski definition) is 1. The Hall–Kier alpha value is -1.52. The van der Waals surface area contributed by atoms with Gasteiger partial charge in [-0.2, -0.15) is 17.0 Å². The second kappa shape index (κ2) is 6.82. The molecule has 27 heavy (non-hydrogen) atoms. The zero-order valence-electron chi connectivity index (χ0n) is 15.7. The molecule has 1 atom stereocenters. The van der Waals surface area contributed by atoms with Crippen LogP contribution in [0.25, 0.3) is 0 Å². The Balaban J connectivity index is 1.55. The van der Waals surface area contributed by atoms with Crippen molar-refractivity contribution in [2.24, 2.45) is 5.41 Å². The molecule has 1 N–H and O–H groups in total. The predicted molar refractivity (Wildman–Crippen MR) is 97.0 cm³/mol. The number of aryl methyl sites for hydroxylation is 1. The number of carboxylic acid groups (broad SMARTS) is 1. The molecule has 1 unspecified atom stereocenters. The molecule has 0 aromatic carbocycles. The number of aliphatic carboxylic acids is 1. The molecule has 10 heteroatoms. The number of hydrogen-bond acceptors (Lipinski definition) is 5. The van der Waals surface area contributed by atoms with Crippen LogP contribution in [-0.2, 0) is 28.1 Å². The first-order chi connectivity index (χ1) is 12.8. The summed E-state index contributed by atoms with van der Waals surface area (Å²) in [5, 5.41) is 17.6. The van der Waals surface area contributed by atoms with E-state index in [0.29, 0.717) is 24.7 Å². The standard InChI is InChI=1S/C17H27N5O4S/c1-13-18-19-15-12-22(14(16(23)24)11-21(13)15)27(25,26)20-9-7-17(8-10-20)5-3-2-4-6-17/h14H,2-12H2,1H3,(H,23,24).